The molecule has 1 aromatic carbocycles. The summed E-state index contributed by atoms with van der Waals surface area (Å²) in [5, 5.41) is 0. The Morgan fingerprint density at radius 2 is 1.68 bits per heavy atom. The van der Waals surface area contributed by atoms with E-state index in [4.69, 9.17) is 9.47 Å². The molecule has 0 amide bonds. The van der Waals surface area contributed by atoms with Crippen molar-refractivity contribution in [2.45, 2.75) is 34.1 Å². The molecule has 4 nitrogen and oxygen atoms in total. The molecule has 0 aromatic heterocycles. The van der Waals surface area contributed by atoms with Crippen LogP contribution in [0.1, 0.15) is 37.5 Å². The minimum absolute atomic E-state index is 0.230. The molecule has 0 radical (unpaired) electrons. The monoisotopic (exact) mass is 302 g/mol. The quantitative estimate of drug-likeness (QED) is 0.633. The molecule has 0 atom stereocenters. The van der Waals surface area contributed by atoms with Crippen molar-refractivity contribution in [3.8, 4) is 0 Å². The predicted octanol–water partition coefficient (Wildman–Crippen LogP) is 3.07. The molecule has 0 spiro atoms. The fourth-order valence-corrected chi connectivity index (χ4v) is 2.95. The second kappa shape index (κ2) is 6.34. The summed E-state index contributed by atoms with van der Waals surface area (Å²) in [5.74, 6) is -1.08. The van der Waals surface area contributed by atoms with Crippen LogP contribution in [0.25, 0.3) is 5.57 Å². The lowest BCUT2D eigenvalue weighted by molar-refractivity contribution is -0.168. The molecule has 4 heteroatoms. The van der Waals surface area contributed by atoms with Crippen molar-refractivity contribution in [3.63, 3.8) is 0 Å². The maximum absolute atomic E-state index is 12.5. The van der Waals surface area contributed by atoms with Crippen molar-refractivity contribution in [1.29, 1.82) is 0 Å². The van der Waals surface area contributed by atoms with Gasteiger partial charge in [-0.2, -0.15) is 0 Å². The normalized spacial score (nSPS) is 15.5. The molecule has 0 bridgehead atoms. The van der Waals surface area contributed by atoms with Crippen LogP contribution in [0.3, 0.4) is 0 Å². The summed E-state index contributed by atoms with van der Waals surface area (Å²) in [6.07, 6.45) is 1.98. The van der Waals surface area contributed by atoms with Crippen LogP contribution in [0, 0.1) is 12.3 Å². The molecule has 2 rings (SSSR count). The van der Waals surface area contributed by atoms with Gasteiger partial charge in [-0.1, -0.05) is 24.3 Å². The zero-order chi connectivity index (χ0) is 16.3. The van der Waals surface area contributed by atoms with Gasteiger partial charge >= 0.3 is 11.9 Å². The Morgan fingerprint density at radius 1 is 1.09 bits per heavy atom. The van der Waals surface area contributed by atoms with Gasteiger partial charge in [0.1, 0.15) is 0 Å². The molecule has 0 fully saturated rings. The number of rotatable bonds is 4. The Kier molecular flexibility index (Phi) is 4.69. The Bertz CT molecular complexity index is 610. The van der Waals surface area contributed by atoms with Crippen LogP contribution in [-0.4, -0.2) is 25.2 Å². The van der Waals surface area contributed by atoms with Gasteiger partial charge < -0.3 is 9.47 Å². The van der Waals surface area contributed by atoms with Gasteiger partial charge in [0.05, 0.1) is 13.2 Å². The molecule has 0 saturated heterocycles. The van der Waals surface area contributed by atoms with Crippen molar-refractivity contribution in [1.82, 2.24) is 0 Å². The van der Waals surface area contributed by atoms with Crippen molar-refractivity contribution in [3.05, 3.63) is 41.0 Å². The highest BCUT2D eigenvalue weighted by Crippen LogP contribution is 2.40. The molecule has 0 N–H and O–H groups in total. The molecule has 118 valence electrons. The predicted molar refractivity (Wildman–Crippen MR) is 84.2 cm³/mol. The number of aryl methyl sites for hydroxylation is 1. The third-order valence-electron chi connectivity index (χ3n) is 4.03. The Morgan fingerprint density at radius 3 is 2.23 bits per heavy atom. The van der Waals surface area contributed by atoms with E-state index in [2.05, 4.69) is 0 Å². The summed E-state index contributed by atoms with van der Waals surface area (Å²) in [7, 11) is 0. The number of ether oxygens (including phenoxy) is 2. The van der Waals surface area contributed by atoms with E-state index in [-0.39, 0.29) is 19.6 Å². The molecule has 0 heterocycles. The van der Waals surface area contributed by atoms with Crippen LogP contribution in [0.5, 0.6) is 0 Å². The molecule has 1 aliphatic rings. The summed E-state index contributed by atoms with van der Waals surface area (Å²) in [5.41, 5.74) is 2.65. The fraction of sp³-hybridized carbons (Fsp3) is 0.444. The highest BCUT2D eigenvalue weighted by molar-refractivity contribution is 6.05. The maximum atomic E-state index is 12.5. The van der Waals surface area contributed by atoms with Gasteiger partial charge in [-0.25, -0.2) is 0 Å². The lowest BCUT2D eigenvalue weighted by atomic mass is 9.72. The number of allylic oxidation sites excluding steroid dienone is 1. The zero-order valence-corrected chi connectivity index (χ0v) is 13.6. The highest BCUT2D eigenvalue weighted by atomic mass is 16.6. The molecule has 0 aliphatic heterocycles. The minimum Gasteiger partial charge on any atom is -0.465 e. The van der Waals surface area contributed by atoms with E-state index in [0.29, 0.717) is 0 Å². The van der Waals surface area contributed by atoms with Gasteiger partial charge in [-0.05, 0) is 50.0 Å². The van der Waals surface area contributed by atoms with Crippen molar-refractivity contribution in [2.24, 2.45) is 5.41 Å². The number of fused-ring (bicyclic) bond motifs is 1. The van der Waals surface area contributed by atoms with Crippen molar-refractivity contribution in [2.75, 3.05) is 13.2 Å². The lowest BCUT2D eigenvalue weighted by Gasteiger charge is -2.32. The van der Waals surface area contributed by atoms with Crippen LogP contribution in [0.15, 0.2) is 24.3 Å². The standard InChI is InChI=1S/C18H22O4/c1-5-21-16(19)18(17(20)22-6-2)10-13(4)14-9-7-8-12(3)15(14)11-18/h7-10H,5-6,11H2,1-4H3. The maximum Gasteiger partial charge on any atom is 0.327 e. The summed E-state index contributed by atoms with van der Waals surface area (Å²) >= 11 is 0. The van der Waals surface area contributed by atoms with E-state index >= 15 is 0 Å². The van der Waals surface area contributed by atoms with E-state index in [9.17, 15) is 9.59 Å². The molecule has 22 heavy (non-hydrogen) atoms. The average Bonchev–Trinajstić information content (AvgIpc) is 2.48. The third kappa shape index (κ3) is 2.65. The Balaban J connectivity index is 2.57. The second-order valence-electron chi connectivity index (χ2n) is 5.52. The molecule has 0 unspecified atom stereocenters. The van der Waals surface area contributed by atoms with Crippen LogP contribution in [-0.2, 0) is 25.5 Å². The number of carbonyl (C=O) groups excluding carboxylic acids is 2. The first-order valence-electron chi connectivity index (χ1n) is 7.59. The summed E-state index contributed by atoms with van der Waals surface area (Å²) in [4.78, 5) is 25.1. The Labute approximate surface area is 131 Å². The average molecular weight is 302 g/mol. The van der Waals surface area contributed by atoms with Gasteiger partial charge in [-0.15, -0.1) is 0 Å². The number of hydrogen-bond acceptors (Lipinski definition) is 4. The third-order valence-corrected chi connectivity index (χ3v) is 4.03. The van der Waals surface area contributed by atoms with E-state index in [0.717, 1.165) is 22.3 Å². The molecular formula is C18H22O4. The van der Waals surface area contributed by atoms with Gasteiger partial charge in [0.15, 0.2) is 5.41 Å². The van der Waals surface area contributed by atoms with Gasteiger partial charge in [0.25, 0.3) is 0 Å². The van der Waals surface area contributed by atoms with Crippen LogP contribution < -0.4 is 0 Å². The highest BCUT2D eigenvalue weighted by Gasteiger charge is 2.49. The second-order valence-corrected chi connectivity index (χ2v) is 5.52. The van der Waals surface area contributed by atoms with Gasteiger partial charge in [-0.3, -0.25) is 9.59 Å². The topological polar surface area (TPSA) is 52.6 Å². The van der Waals surface area contributed by atoms with Gasteiger partial charge in [0, 0.05) is 6.42 Å². The number of esters is 2. The van der Waals surface area contributed by atoms with E-state index in [1.54, 1.807) is 19.9 Å². The SMILES string of the molecule is CCOC(=O)C1(C(=O)OCC)C=C(C)c2cccc(C)c2C1. The van der Waals surface area contributed by atoms with Crippen molar-refractivity contribution >= 4 is 17.5 Å². The smallest absolute Gasteiger partial charge is 0.327 e. The van der Waals surface area contributed by atoms with E-state index in [1.165, 1.54) is 0 Å². The zero-order valence-electron chi connectivity index (χ0n) is 13.6. The molecular weight excluding hydrogens is 280 g/mol. The lowest BCUT2D eigenvalue weighted by Crippen LogP contribution is -2.44. The van der Waals surface area contributed by atoms with Crippen LogP contribution >= 0.6 is 0 Å². The van der Waals surface area contributed by atoms with E-state index < -0.39 is 17.4 Å². The first-order chi connectivity index (χ1) is 10.5. The number of benzene rings is 1. The van der Waals surface area contributed by atoms with Crippen LogP contribution in [0.4, 0.5) is 0 Å². The minimum atomic E-state index is -1.38. The van der Waals surface area contributed by atoms with E-state index in [1.807, 2.05) is 32.0 Å². The molecule has 0 saturated carbocycles. The molecule has 1 aliphatic carbocycles. The largest absolute Gasteiger partial charge is 0.465 e. The summed E-state index contributed by atoms with van der Waals surface area (Å²) < 4.78 is 10.3. The number of hydrogen-bond donors (Lipinski definition) is 0. The fourth-order valence-electron chi connectivity index (χ4n) is 2.95. The number of carbonyl (C=O) groups is 2. The Hall–Kier alpha value is -2.10. The summed E-state index contributed by atoms with van der Waals surface area (Å²) in [6, 6.07) is 5.97. The molecule has 1 aromatic rings. The van der Waals surface area contributed by atoms with Crippen LogP contribution in [0.2, 0.25) is 0 Å². The summed E-state index contributed by atoms with van der Waals surface area (Å²) in [6.45, 7) is 7.81. The first-order valence-corrected chi connectivity index (χ1v) is 7.59. The first kappa shape index (κ1) is 16.3. The van der Waals surface area contributed by atoms with Gasteiger partial charge in [0.2, 0.25) is 0 Å². The van der Waals surface area contributed by atoms with Crippen molar-refractivity contribution < 1.29 is 19.1 Å².